The third-order valence-electron chi connectivity index (χ3n) is 7.32. The molecule has 0 atom stereocenters. The van der Waals surface area contributed by atoms with Crippen LogP contribution < -0.4 is 19.5 Å². The van der Waals surface area contributed by atoms with E-state index in [4.69, 9.17) is 19.6 Å². The maximum Gasteiger partial charge on any atom is 0.422 e. The van der Waals surface area contributed by atoms with E-state index in [-0.39, 0.29) is 6.54 Å². The Morgan fingerprint density at radius 3 is 2.51 bits per heavy atom. The van der Waals surface area contributed by atoms with Gasteiger partial charge in [-0.05, 0) is 75.8 Å². The molecule has 1 aliphatic carbocycles. The number of carbonyl (C=O) groups excluding carboxylic acids is 1. The number of benzene rings is 2. The number of hydrogen-bond acceptors (Lipinski definition) is 8. The maximum absolute atomic E-state index is 12.6. The zero-order valence-corrected chi connectivity index (χ0v) is 26.5. The zero-order valence-electron chi connectivity index (χ0n) is 25.7. The van der Waals surface area contributed by atoms with Crippen molar-refractivity contribution in [3.8, 4) is 11.8 Å². The molecular formula is C32H37N7O5S. The Balaban J connectivity index is 1.32. The van der Waals surface area contributed by atoms with Gasteiger partial charge in [-0.15, -0.1) is 5.10 Å². The molecule has 1 saturated carbocycles. The van der Waals surface area contributed by atoms with Gasteiger partial charge < -0.3 is 14.8 Å². The molecular weight excluding hydrogens is 594 g/mol. The van der Waals surface area contributed by atoms with Crippen molar-refractivity contribution in [1.82, 2.24) is 28.6 Å². The first-order valence-corrected chi connectivity index (χ1v) is 16.4. The molecule has 45 heavy (non-hydrogen) atoms. The molecule has 1 amide bonds. The SMILES string of the molecule is Cc1cc2c(CNS(=O)(=O)NC(=O)OC(C)(C)C)cccc2n1-c1nc(NCc2ccccc2)c2ccc(OCC3CC3)n2n1. The van der Waals surface area contributed by atoms with Gasteiger partial charge >= 0.3 is 16.3 Å². The Hall–Kier alpha value is -4.62. The maximum atomic E-state index is 12.6. The van der Waals surface area contributed by atoms with Crippen LogP contribution in [0.5, 0.6) is 5.88 Å². The number of hydrogen-bond donors (Lipinski definition) is 3. The summed E-state index contributed by atoms with van der Waals surface area (Å²) in [5, 5.41) is 9.20. The number of aryl methyl sites for hydroxylation is 1. The van der Waals surface area contributed by atoms with Crippen molar-refractivity contribution >= 4 is 38.5 Å². The molecule has 0 saturated heterocycles. The summed E-state index contributed by atoms with van der Waals surface area (Å²) < 4.78 is 44.5. The number of ether oxygens (including phenoxy) is 2. The molecule has 0 unspecified atom stereocenters. The minimum Gasteiger partial charge on any atom is -0.477 e. The van der Waals surface area contributed by atoms with Crippen LogP contribution in [0.2, 0.25) is 0 Å². The van der Waals surface area contributed by atoms with Crippen molar-refractivity contribution in [1.29, 1.82) is 0 Å². The van der Waals surface area contributed by atoms with Gasteiger partial charge in [0, 0.05) is 30.2 Å². The third-order valence-corrected chi connectivity index (χ3v) is 8.28. The normalized spacial score (nSPS) is 13.7. The minimum atomic E-state index is -4.17. The number of carbonyl (C=O) groups is 1. The molecule has 3 aromatic heterocycles. The van der Waals surface area contributed by atoms with E-state index in [0.717, 1.165) is 27.7 Å². The molecule has 0 radical (unpaired) electrons. The number of amides is 1. The molecule has 3 heterocycles. The molecule has 1 aliphatic rings. The lowest BCUT2D eigenvalue weighted by Gasteiger charge is -2.19. The van der Waals surface area contributed by atoms with Crippen LogP contribution in [-0.4, -0.2) is 45.9 Å². The van der Waals surface area contributed by atoms with Gasteiger partial charge in [0.05, 0.1) is 12.1 Å². The summed E-state index contributed by atoms with van der Waals surface area (Å²) in [6.45, 7) is 8.07. The van der Waals surface area contributed by atoms with Crippen LogP contribution in [0.25, 0.3) is 22.4 Å². The topological polar surface area (TPSA) is 141 Å². The van der Waals surface area contributed by atoms with Crippen LogP contribution in [0, 0.1) is 12.8 Å². The second-order valence-electron chi connectivity index (χ2n) is 12.2. The first kappa shape index (κ1) is 30.4. The molecule has 2 aromatic carbocycles. The number of fused-ring (bicyclic) bond motifs is 2. The van der Waals surface area contributed by atoms with E-state index >= 15 is 0 Å². The second-order valence-corrected chi connectivity index (χ2v) is 13.7. The highest BCUT2D eigenvalue weighted by Gasteiger charge is 2.24. The molecule has 1 fully saturated rings. The monoisotopic (exact) mass is 631 g/mol. The predicted molar refractivity (Wildman–Crippen MR) is 172 cm³/mol. The summed E-state index contributed by atoms with van der Waals surface area (Å²) in [6.07, 6.45) is 1.31. The first-order chi connectivity index (χ1) is 21.5. The van der Waals surface area contributed by atoms with Gasteiger partial charge in [-0.2, -0.15) is 22.6 Å². The van der Waals surface area contributed by atoms with Crippen molar-refractivity contribution in [2.45, 2.75) is 59.2 Å². The number of nitrogens with one attached hydrogen (secondary N) is 3. The molecule has 0 aliphatic heterocycles. The van der Waals surface area contributed by atoms with E-state index in [1.165, 1.54) is 12.8 Å². The Bertz CT molecular complexity index is 1960. The summed E-state index contributed by atoms with van der Waals surface area (Å²) in [7, 11) is -4.17. The van der Waals surface area contributed by atoms with Gasteiger partial charge in [-0.1, -0.05) is 42.5 Å². The standard InChI is InChI=1S/C32H37N7O5S/c1-21-17-25-24(19-34-45(41,42)37-31(40)44-32(2,3)4)11-8-12-26(25)38(21)30-35-29(33-18-22-9-6-5-7-10-22)27-15-16-28(39(27)36-30)43-20-23-13-14-23/h5-12,15-17,23,34H,13-14,18-20H2,1-4H3,(H,37,40)(H,33,35,36). The van der Waals surface area contributed by atoms with Crippen LogP contribution >= 0.6 is 0 Å². The molecule has 3 N–H and O–H groups in total. The Morgan fingerprint density at radius 2 is 1.78 bits per heavy atom. The van der Waals surface area contributed by atoms with Crippen molar-refractivity contribution < 1.29 is 22.7 Å². The lowest BCUT2D eigenvalue weighted by molar-refractivity contribution is 0.0569. The highest BCUT2D eigenvalue weighted by molar-refractivity contribution is 7.88. The van der Waals surface area contributed by atoms with Crippen LogP contribution in [0.1, 0.15) is 50.4 Å². The molecule has 5 aromatic rings. The highest BCUT2D eigenvalue weighted by Crippen LogP contribution is 2.32. The van der Waals surface area contributed by atoms with Crippen molar-refractivity contribution in [2.75, 3.05) is 11.9 Å². The van der Waals surface area contributed by atoms with Crippen molar-refractivity contribution in [2.24, 2.45) is 5.92 Å². The number of nitrogens with zero attached hydrogens (tertiary/aromatic N) is 4. The van der Waals surface area contributed by atoms with Crippen LogP contribution in [0.4, 0.5) is 10.6 Å². The van der Waals surface area contributed by atoms with Gasteiger partial charge in [-0.3, -0.25) is 4.57 Å². The fourth-order valence-corrected chi connectivity index (χ4v) is 5.71. The van der Waals surface area contributed by atoms with E-state index in [1.54, 1.807) is 25.3 Å². The van der Waals surface area contributed by atoms with E-state index < -0.39 is 21.9 Å². The Morgan fingerprint density at radius 1 is 1.00 bits per heavy atom. The fourth-order valence-electron chi connectivity index (χ4n) is 5.03. The van der Waals surface area contributed by atoms with Crippen LogP contribution in [-0.2, 0) is 28.0 Å². The smallest absolute Gasteiger partial charge is 0.422 e. The largest absolute Gasteiger partial charge is 0.477 e. The molecule has 236 valence electrons. The Labute approximate surface area is 261 Å². The van der Waals surface area contributed by atoms with Gasteiger partial charge in [0.15, 0.2) is 5.82 Å². The van der Waals surface area contributed by atoms with E-state index in [9.17, 15) is 13.2 Å². The molecule has 0 spiro atoms. The number of rotatable bonds is 11. The summed E-state index contributed by atoms with van der Waals surface area (Å²) in [4.78, 5) is 17.0. The average Bonchev–Trinajstić information content (AvgIpc) is 3.62. The van der Waals surface area contributed by atoms with Gasteiger partial charge in [-0.25, -0.2) is 9.52 Å². The zero-order chi connectivity index (χ0) is 31.8. The van der Waals surface area contributed by atoms with E-state index in [1.807, 2.05) is 70.8 Å². The summed E-state index contributed by atoms with van der Waals surface area (Å²) in [6, 6.07) is 21.5. The average molecular weight is 632 g/mol. The first-order valence-electron chi connectivity index (χ1n) is 14.9. The molecule has 12 nitrogen and oxygen atoms in total. The van der Waals surface area contributed by atoms with Crippen molar-refractivity contribution in [3.05, 3.63) is 83.6 Å². The van der Waals surface area contributed by atoms with Gasteiger partial charge in [0.1, 0.15) is 11.1 Å². The summed E-state index contributed by atoms with van der Waals surface area (Å²) in [5.41, 5.74) is 3.43. The number of anilines is 1. The summed E-state index contributed by atoms with van der Waals surface area (Å²) in [5.74, 6) is 2.31. The van der Waals surface area contributed by atoms with Crippen LogP contribution in [0.3, 0.4) is 0 Å². The fraction of sp³-hybridized carbons (Fsp3) is 0.344. The van der Waals surface area contributed by atoms with Crippen LogP contribution in [0.15, 0.2) is 66.7 Å². The van der Waals surface area contributed by atoms with Crippen molar-refractivity contribution in [3.63, 3.8) is 0 Å². The highest BCUT2D eigenvalue weighted by atomic mass is 32.2. The van der Waals surface area contributed by atoms with Gasteiger partial charge in [0.25, 0.3) is 5.95 Å². The number of aromatic nitrogens is 4. The molecule has 13 heteroatoms. The second kappa shape index (κ2) is 12.1. The lowest BCUT2D eigenvalue weighted by Crippen LogP contribution is -2.42. The quantitative estimate of drug-likeness (QED) is 0.180. The summed E-state index contributed by atoms with van der Waals surface area (Å²) >= 11 is 0. The van der Waals surface area contributed by atoms with E-state index in [0.29, 0.717) is 42.3 Å². The minimum absolute atomic E-state index is 0.0561. The Kier molecular flexibility index (Phi) is 8.14. The predicted octanol–water partition coefficient (Wildman–Crippen LogP) is 5.24. The lowest BCUT2D eigenvalue weighted by atomic mass is 10.1. The van der Waals surface area contributed by atoms with E-state index in [2.05, 4.69) is 22.2 Å². The molecule has 6 rings (SSSR count). The van der Waals surface area contributed by atoms with Gasteiger partial charge in [0.2, 0.25) is 5.88 Å². The third kappa shape index (κ3) is 7.21. The molecule has 0 bridgehead atoms.